The van der Waals surface area contributed by atoms with Gasteiger partial charge >= 0.3 is 0 Å². The summed E-state index contributed by atoms with van der Waals surface area (Å²) in [6, 6.07) is 16.8. The zero-order valence-electron chi connectivity index (χ0n) is 15.5. The van der Waals surface area contributed by atoms with Crippen LogP contribution >= 0.6 is 23.5 Å². The molecular weight excluding hydrogens is 376 g/mol. The topological polar surface area (TPSA) is 32.3 Å². The lowest BCUT2D eigenvalue weighted by molar-refractivity contribution is -0.133. The number of rotatable bonds is 5. The first-order valence-corrected chi connectivity index (χ1v) is 11.2. The number of amides is 1. The quantitative estimate of drug-likeness (QED) is 0.719. The standard InChI is InChI=1S/C22H25ClN2OS/c1-27-24-16-9-6-12-25(14-16)22(26)19-13-18(19)21-17(10-5-11-20(21)23)15-7-3-2-4-8-15/h2-5,7-8,10-11,16,18-19,24H,6,9,12-14H2,1H3. The summed E-state index contributed by atoms with van der Waals surface area (Å²) in [5.41, 5.74) is 3.46. The molecule has 2 aliphatic rings. The van der Waals surface area contributed by atoms with E-state index in [0.29, 0.717) is 11.9 Å². The summed E-state index contributed by atoms with van der Waals surface area (Å²) >= 11 is 8.24. The van der Waals surface area contributed by atoms with Crippen molar-refractivity contribution in [2.45, 2.75) is 31.2 Å². The number of nitrogens with zero attached hydrogens (tertiary/aromatic N) is 1. The first-order valence-electron chi connectivity index (χ1n) is 9.60. The van der Waals surface area contributed by atoms with Gasteiger partial charge in [-0.05, 0) is 54.2 Å². The molecule has 5 heteroatoms. The minimum Gasteiger partial charge on any atom is -0.341 e. The monoisotopic (exact) mass is 400 g/mol. The van der Waals surface area contributed by atoms with Crippen LogP contribution in [-0.2, 0) is 4.79 Å². The van der Waals surface area contributed by atoms with Crippen molar-refractivity contribution in [2.75, 3.05) is 19.3 Å². The second kappa shape index (κ2) is 8.26. The van der Waals surface area contributed by atoms with Crippen LogP contribution in [0.5, 0.6) is 0 Å². The number of halogens is 1. The normalized spacial score (nSPS) is 24.7. The number of hydrogen-bond donors (Lipinski definition) is 1. The van der Waals surface area contributed by atoms with Crippen LogP contribution < -0.4 is 4.72 Å². The maximum absolute atomic E-state index is 13.1. The van der Waals surface area contributed by atoms with Gasteiger partial charge in [0.1, 0.15) is 0 Å². The molecule has 2 fully saturated rings. The summed E-state index contributed by atoms with van der Waals surface area (Å²) in [6.07, 6.45) is 5.16. The molecule has 3 nitrogen and oxygen atoms in total. The van der Waals surface area contributed by atoms with Crippen LogP contribution in [0.2, 0.25) is 5.02 Å². The van der Waals surface area contributed by atoms with E-state index >= 15 is 0 Å². The van der Waals surface area contributed by atoms with E-state index in [1.807, 2.05) is 36.6 Å². The molecule has 1 saturated heterocycles. The largest absolute Gasteiger partial charge is 0.341 e. The smallest absolute Gasteiger partial charge is 0.226 e. The van der Waals surface area contributed by atoms with Gasteiger partial charge < -0.3 is 4.90 Å². The van der Waals surface area contributed by atoms with E-state index < -0.39 is 0 Å². The number of nitrogens with one attached hydrogen (secondary N) is 1. The number of carbonyl (C=O) groups excluding carboxylic acids is 1. The second-order valence-electron chi connectivity index (χ2n) is 7.46. The highest BCUT2D eigenvalue weighted by Gasteiger charge is 2.48. The Balaban J connectivity index is 1.53. The lowest BCUT2D eigenvalue weighted by Gasteiger charge is -2.33. The first-order chi connectivity index (χ1) is 13.2. The van der Waals surface area contributed by atoms with Crippen molar-refractivity contribution in [3.05, 3.63) is 59.1 Å². The lowest BCUT2D eigenvalue weighted by Crippen LogP contribution is -2.47. The highest BCUT2D eigenvalue weighted by Crippen LogP contribution is 2.53. The molecule has 142 valence electrons. The lowest BCUT2D eigenvalue weighted by atomic mass is 9.95. The molecule has 1 saturated carbocycles. The Kier molecular flexibility index (Phi) is 5.76. The molecule has 1 N–H and O–H groups in total. The van der Waals surface area contributed by atoms with Crippen LogP contribution in [0.4, 0.5) is 0 Å². The Morgan fingerprint density at radius 3 is 2.78 bits per heavy atom. The minimum atomic E-state index is 0.0698. The molecule has 1 amide bonds. The van der Waals surface area contributed by atoms with Gasteiger partial charge in [-0.15, -0.1) is 0 Å². The van der Waals surface area contributed by atoms with Crippen molar-refractivity contribution in [1.29, 1.82) is 0 Å². The molecule has 1 aliphatic heterocycles. The zero-order chi connectivity index (χ0) is 18.8. The fourth-order valence-electron chi connectivity index (χ4n) is 4.24. The SMILES string of the molecule is CSNC1CCCN(C(=O)C2CC2c2c(Cl)cccc2-c2ccccc2)C1. The predicted octanol–water partition coefficient (Wildman–Crippen LogP) is 4.97. The molecule has 4 rings (SSSR count). The Morgan fingerprint density at radius 2 is 2.00 bits per heavy atom. The number of benzene rings is 2. The maximum atomic E-state index is 13.1. The van der Waals surface area contributed by atoms with Gasteiger partial charge in [0.2, 0.25) is 5.91 Å². The molecule has 1 heterocycles. The second-order valence-corrected chi connectivity index (χ2v) is 8.51. The van der Waals surface area contributed by atoms with Gasteiger partial charge in [0.15, 0.2) is 0 Å². The predicted molar refractivity (Wildman–Crippen MR) is 114 cm³/mol. The fraction of sp³-hybridized carbons (Fsp3) is 0.409. The van der Waals surface area contributed by atoms with Gasteiger partial charge in [0.25, 0.3) is 0 Å². The van der Waals surface area contributed by atoms with Gasteiger partial charge in [-0.1, -0.05) is 66.0 Å². The van der Waals surface area contributed by atoms with E-state index in [2.05, 4.69) is 27.8 Å². The summed E-state index contributed by atoms with van der Waals surface area (Å²) in [7, 11) is 0. The molecule has 0 spiro atoms. The third kappa shape index (κ3) is 4.03. The fourth-order valence-corrected chi connectivity index (χ4v) is 5.09. The minimum absolute atomic E-state index is 0.0698. The zero-order valence-corrected chi connectivity index (χ0v) is 17.1. The van der Waals surface area contributed by atoms with E-state index in [0.717, 1.165) is 54.1 Å². The van der Waals surface area contributed by atoms with Gasteiger partial charge in [-0.3, -0.25) is 9.52 Å². The third-order valence-corrected chi connectivity index (χ3v) is 6.53. The molecule has 2 aromatic carbocycles. The highest BCUT2D eigenvalue weighted by molar-refractivity contribution is 7.96. The van der Waals surface area contributed by atoms with Gasteiger partial charge in [0.05, 0.1) is 0 Å². The number of likely N-dealkylation sites (tertiary alicyclic amines) is 1. The maximum Gasteiger partial charge on any atom is 0.226 e. The summed E-state index contributed by atoms with van der Waals surface area (Å²) in [4.78, 5) is 15.2. The summed E-state index contributed by atoms with van der Waals surface area (Å²) in [6.45, 7) is 1.69. The van der Waals surface area contributed by atoms with Crippen LogP contribution in [0.25, 0.3) is 11.1 Å². The summed E-state index contributed by atoms with van der Waals surface area (Å²) in [5.74, 6) is 0.599. The van der Waals surface area contributed by atoms with Crippen molar-refractivity contribution >= 4 is 29.5 Å². The van der Waals surface area contributed by atoms with Crippen LogP contribution in [0.3, 0.4) is 0 Å². The van der Waals surface area contributed by atoms with Gasteiger partial charge in [-0.2, -0.15) is 0 Å². The van der Waals surface area contributed by atoms with Gasteiger partial charge in [-0.25, -0.2) is 0 Å². The Morgan fingerprint density at radius 1 is 1.19 bits per heavy atom. The van der Waals surface area contributed by atoms with Crippen LogP contribution in [0.15, 0.2) is 48.5 Å². The Labute approximate surface area is 170 Å². The van der Waals surface area contributed by atoms with Crippen LogP contribution in [-0.4, -0.2) is 36.2 Å². The first kappa shape index (κ1) is 18.9. The molecule has 27 heavy (non-hydrogen) atoms. The molecule has 3 unspecified atom stereocenters. The average molecular weight is 401 g/mol. The molecule has 0 radical (unpaired) electrons. The number of piperidine rings is 1. The Hall–Kier alpha value is -1.49. The number of hydrogen-bond acceptors (Lipinski definition) is 3. The number of carbonyl (C=O) groups is 1. The average Bonchev–Trinajstić information content (AvgIpc) is 3.49. The van der Waals surface area contributed by atoms with Crippen molar-refractivity contribution in [3.8, 4) is 11.1 Å². The van der Waals surface area contributed by atoms with E-state index in [1.165, 1.54) is 0 Å². The van der Waals surface area contributed by atoms with E-state index in [9.17, 15) is 4.79 Å². The summed E-state index contributed by atoms with van der Waals surface area (Å²) in [5, 5.41) is 0.775. The van der Waals surface area contributed by atoms with Crippen molar-refractivity contribution < 1.29 is 4.79 Å². The molecule has 0 aromatic heterocycles. The van der Waals surface area contributed by atoms with Crippen LogP contribution in [0.1, 0.15) is 30.7 Å². The van der Waals surface area contributed by atoms with Crippen molar-refractivity contribution in [3.63, 3.8) is 0 Å². The van der Waals surface area contributed by atoms with Crippen molar-refractivity contribution in [2.24, 2.45) is 5.92 Å². The summed E-state index contributed by atoms with van der Waals surface area (Å²) < 4.78 is 3.41. The highest BCUT2D eigenvalue weighted by atomic mass is 35.5. The van der Waals surface area contributed by atoms with E-state index in [4.69, 9.17) is 11.6 Å². The van der Waals surface area contributed by atoms with E-state index in [-0.39, 0.29) is 11.8 Å². The molecule has 3 atom stereocenters. The van der Waals surface area contributed by atoms with Crippen molar-refractivity contribution in [1.82, 2.24) is 9.62 Å². The van der Waals surface area contributed by atoms with E-state index in [1.54, 1.807) is 11.9 Å². The molecule has 2 aromatic rings. The van der Waals surface area contributed by atoms with Gasteiger partial charge in [0, 0.05) is 30.1 Å². The molecule has 1 aliphatic carbocycles. The van der Waals surface area contributed by atoms with Crippen LogP contribution in [0, 0.1) is 5.92 Å². The third-order valence-electron chi connectivity index (χ3n) is 5.63. The molecular formula is C22H25ClN2OS. The Bertz CT molecular complexity index is 811. The molecule has 0 bridgehead atoms.